The quantitative estimate of drug-likeness (QED) is 0.731. The molecule has 15 heavy (non-hydrogen) atoms. The summed E-state index contributed by atoms with van der Waals surface area (Å²) in [7, 11) is 0. The van der Waals surface area contributed by atoms with Crippen LogP contribution in [0.5, 0.6) is 0 Å². The van der Waals surface area contributed by atoms with Gasteiger partial charge in [0.15, 0.2) is 0 Å². The second kappa shape index (κ2) is 4.04. The SMILES string of the molecule is O[C@H]1[C@H]2CC[C@@H](C2)[C@H]1CN1CCOCC1. The molecule has 0 amide bonds. The van der Waals surface area contributed by atoms with Crippen LogP contribution >= 0.6 is 0 Å². The second-order valence-electron chi connectivity index (χ2n) is 5.40. The molecule has 86 valence electrons. The molecule has 0 aromatic carbocycles. The van der Waals surface area contributed by atoms with Crippen molar-refractivity contribution in [3.8, 4) is 0 Å². The number of rotatable bonds is 2. The summed E-state index contributed by atoms with van der Waals surface area (Å²) in [5.74, 6) is 2.00. The van der Waals surface area contributed by atoms with Crippen LogP contribution in [0.4, 0.5) is 0 Å². The van der Waals surface area contributed by atoms with Gasteiger partial charge in [-0.15, -0.1) is 0 Å². The van der Waals surface area contributed by atoms with Gasteiger partial charge in [-0.3, -0.25) is 4.90 Å². The second-order valence-corrected chi connectivity index (χ2v) is 5.40. The van der Waals surface area contributed by atoms with Crippen molar-refractivity contribution in [1.82, 2.24) is 4.90 Å². The lowest BCUT2D eigenvalue weighted by Gasteiger charge is -2.34. The molecular weight excluding hydrogens is 190 g/mol. The maximum atomic E-state index is 10.2. The Morgan fingerprint density at radius 1 is 1.13 bits per heavy atom. The van der Waals surface area contributed by atoms with Gasteiger partial charge in [0.25, 0.3) is 0 Å². The Hall–Kier alpha value is -0.120. The number of aliphatic hydroxyl groups excluding tert-OH is 1. The van der Waals surface area contributed by atoms with Crippen LogP contribution in [0.3, 0.4) is 0 Å². The van der Waals surface area contributed by atoms with Crippen LogP contribution in [0.2, 0.25) is 0 Å². The molecule has 1 heterocycles. The topological polar surface area (TPSA) is 32.7 Å². The third-order valence-electron chi connectivity index (χ3n) is 4.61. The molecule has 2 bridgehead atoms. The summed E-state index contributed by atoms with van der Waals surface area (Å²) in [5, 5.41) is 10.2. The van der Waals surface area contributed by atoms with Crippen LogP contribution in [0, 0.1) is 17.8 Å². The van der Waals surface area contributed by atoms with E-state index in [0.717, 1.165) is 38.8 Å². The van der Waals surface area contributed by atoms with Crippen LogP contribution < -0.4 is 0 Å². The fourth-order valence-corrected chi connectivity index (χ4v) is 3.72. The van der Waals surface area contributed by atoms with Crippen molar-refractivity contribution in [2.75, 3.05) is 32.8 Å². The van der Waals surface area contributed by atoms with Crippen molar-refractivity contribution in [3.05, 3.63) is 0 Å². The molecule has 1 aliphatic heterocycles. The minimum Gasteiger partial charge on any atom is -0.392 e. The van der Waals surface area contributed by atoms with Crippen molar-refractivity contribution in [2.45, 2.75) is 25.4 Å². The molecule has 0 radical (unpaired) electrons. The van der Waals surface area contributed by atoms with Gasteiger partial charge in [0.05, 0.1) is 19.3 Å². The Bertz CT molecular complexity index is 226. The third kappa shape index (κ3) is 1.81. The number of morpholine rings is 1. The Morgan fingerprint density at radius 2 is 1.87 bits per heavy atom. The molecule has 2 saturated carbocycles. The average molecular weight is 211 g/mol. The molecule has 3 rings (SSSR count). The molecule has 0 aromatic rings. The zero-order valence-corrected chi connectivity index (χ0v) is 9.27. The highest BCUT2D eigenvalue weighted by atomic mass is 16.5. The van der Waals surface area contributed by atoms with E-state index in [1.54, 1.807) is 0 Å². The van der Waals surface area contributed by atoms with E-state index in [-0.39, 0.29) is 6.10 Å². The average Bonchev–Trinajstić information content (AvgIpc) is 2.84. The predicted octanol–water partition coefficient (Wildman–Crippen LogP) is 0.726. The van der Waals surface area contributed by atoms with Crippen LogP contribution in [0.1, 0.15) is 19.3 Å². The van der Waals surface area contributed by atoms with Gasteiger partial charge in [-0.2, -0.15) is 0 Å². The van der Waals surface area contributed by atoms with Gasteiger partial charge in [0.1, 0.15) is 0 Å². The van der Waals surface area contributed by atoms with Gasteiger partial charge >= 0.3 is 0 Å². The Labute approximate surface area is 91.4 Å². The lowest BCUT2D eigenvalue weighted by Crippen LogP contribution is -2.43. The zero-order chi connectivity index (χ0) is 10.3. The van der Waals surface area contributed by atoms with Gasteiger partial charge < -0.3 is 9.84 Å². The van der Waals surface area contributed by atoms with Crippen molar-refractivity contribution >= 4 is 0 Å². The molecule has 0 spiro atoms. The molecule has 0 aromatic heterocycles. The molecular formula is C12H21NO2. The first kappa shape index (κ1) is 10.1. The first-order valence-corrected chi connectivity index (χ1v) is 6.33. The minimum atomic E-state index is -0.00778. The van der Waals surface area contributed by atoms with E-state index in [1.807, 2.05) is 0 Å². The summed E-state index contributed by atoms with van der Waals surface area (Å²) < 4.78 is 5.35. The number of ether oxygens (including phenoxy) is 1. The summed E-state index contributed by atoms with van der Waals surface area (Å²) in [6, 6.07) is 0. The van der Waals surface area contributed by atoms with E-state index in [9.17, 15) is 5.11 Å². The largest absolute Gasteiger partial charge is 0.392 e. The van der Waals surface area contributed by atoms with Gasteiger partial charge in [-0.25, -0.2) is 0 Å². The van der Waals surface area contributed by atoms with E-state index in [0.29, 0.717) is 11.8 Å². The molecule has 3 fully saturated rings. The van der Waals surface area contributed by atoms with E-state index < -0.39 is 0 Å². The lowest BCUT2D eigenvalue weighted by molar-refractivity contribution is -0.00240. The van der Waals surface area contributed by atoms with Crippen molar-refractivity contribution in [1.29, 1.82) is 0 Å². The standard InChI is InChI=1S/C12H21NO2/c14-12-10-2-1-9(7-10)11(12)8-13-3-5-15-6-4-13/h9-12,14H,1-8H2/t9-,10-,11+,12-/m0/s1. The van der Waals surface area contributed by atoms with E-state index in [1.165, 1.54) is 19.3 Å². The molecule has 2 aliphatic carbocycles. The Morgan fingerprint density at radius 3 is 2.53 bits per heavy atom. The molecule has 0 unspecified atom stereocenters. The van der Waals surface area contributed by atoms with Crippen LogP contribution in [0.15, 0.2) is 0 Å². The highest BCUT2D eigenvalue weighted by Crippen LogP contribution is 2.48. The molecule has 3 nitrogen and oxygen atoms in total. The summed E-state index contributed by atoms with van der Waals surface area (Å²) in [6.45, 7) is 4.96. The zero-order valence-electron chi connectivity index (χ0n) is 9.27. The Balaban J connectivity index is 1.58. The third-order valence-corrected chi connectivity index (χ3v) is 4.61. The first-order valence-electron chi connectivity index (χ1n) is 6.33. The number of aliphatic hydroxyl groups is 1. The lowest BCUT2D eigenvalue weighted by atomic mass is 9.86. The van der Waals surface area contributed by atoms with Crippen LogP contribution in [-0.2, 0) is 4.74 Å². The molecule has 3 aliphatic rings. The monoisotopic (exact) mass is 211 g/mol. The first-order chi connectivity index (χ1) is 7.34. The van der Waals surface area contributed by atoms with Crippen molar-refractivity contribution in [3.63, 3.8) is 0 Å². The van der Waals surface area contributed by atoms with E-state index >= 15 is 0 Å². The van der Waals surface area contributed by atoms with Crippen LogP contribution in [0.25, 0.3) is 0 Å². The van der Waals surface area contributed by atoms with Gasteiger partial charge in [0.2, 0.25) is 0 Å². The summed E-state index contributed by atoms with van der Waals surface area (Å²) in [4.78, 5) is 2.47. The van der Waals surface area contributed by atoms with Gasteiger partial charge in [0, 0.05) is 25.6 Å². The maximum absolute atomic E-state index is 10.2. The number of hydrogen-bond donors (Lipinski definition) is 1. The molecule has 3 heteroatoms. The van der Waals surface area contributed by atoms with Gasteiger partial charge in [-0.1, -0.05) is 0 Å². The Kier molecular flexibility index (Phi) is 2.71. The normalized spacial score (nSPS) is 46.2. The number of fused-ring (bicyclic) bond motifs is 2. The van der Waals surface area contributed by atoms with Crippen molar-refractivity contribution < 1.29 is 9.84 Å². The highest BCUT2D eigenvalue weighted by molar-refractivity contribution is 4.97. The number of hydrogen-bond acceptors (Lipinski definition) is 3. The number of nitrogens with zero attached hydrogens (tertiary/aromatic N) is 1. The summed E-state index contributed by atoms with van der Waals surface area (Å²) in [5.41, 5.74) is 0. The molecule has 1 N–H and O–H groups in total. The molecule has 4 atom stereocenters. The predicted molar refractivity (Wildman–Crippen MR) is 57.6 cm³/mol. The van der Waals surface area contributed by atoms with Gasteiger partial charge in [-0.05, 0) is 31.1 Å². The van der Waals surface area contributed by atoms with Crippen molar-refractivity contribution in [2.24, 2.45) is 17.8 Å². The maximum Gasteiger partial charge on any atom is 0.0611 e. The smallest absolute Gasteiger partial charge is 0.0611 e. The van der Waals surface area contributed by atoms with E-state index in [4.69, 9.17) is 4.74 Å². The summed E-state index contributed by atoms with van der Waals surface area (Å²) in [6.07, 6.45) is 3.91. The molecule has 1 saturated heterocycles. The minimum absolute atomic E-state index is 0.00778. The highest BCUT2D eigenvalue weighted by Gasteiger charge is 2.46. The fraction of sp³-hybridized carbons (Fsp3) is 1.00. The summed E-state index contributed by atoms with van der Waals surface area (Å²) >= 11 is 0. The van der Waals surface area contributed by atoms with Crippen LogP contribution in [-0.4, -0.2) is 49.0 Å². The van der Waals surface area contributed by atoms with E-state index in [2.05, 4.69) is 4.90 Å². The fourth-order valence-electron chi connectivity index (χ4n) is 3.72.